The van der Waals surface area contributed by atoms with Crippen LogP contribution in [0, 0.1) is 5.92 Å². The summed E-state index contributed by atoms with van der Waals surface area (Å²) in [7, 11) is 0. The van der Waals surface area contributed by atoms with Crippen LogP contribution in [0.2, 0.25) is 0 Å². The molecular formula is C16H21Cl2N3O2. The zero-order valence-electron chi connectivity index (χ0n) is 12.6. The number of benzene rings is 1. The van der Waals surface area contributed by atoms with Crippen molar-refractivity contribution in [1.29, 1.82) is 0 Å². The molecule has 1 amide bonds. The number of nitrogens with zero attached hydrogens (tertiary/aromatic N) is 1. The van der Waals surface area contributed by atoms with Crippen molar-refractivity contribution in [3.8, 4) is 0 Å². The highest BCUT2D eigenvalue weighted by Crippen LogP contribution is 2.16. The summed E-state index contributed by atoms with van der Waals surface area (Å²) in [5.74, 6) is 0.0619. The molecule has 0 bridgehead atoms. The highest BCUT2D eigenvalue weighted by atomic mass is 35.5. The van der Waals surface area contributed by atoms with Crippen LogP contribution in [-0.4, -0.2) is 41.7 Å². The van der Waals surface area contributed by atoms with E-state index in [0.29, 0.717) is 19.5 Å². The fraction of sp³-hybridized carbons (Fsp3) is 0.375. The monoisotopic (exact) mass is 357 g/mol. The molecule has 1 aliphatic heterocycles. The Balaban J connectivity index is 0.00000132. The van der Waals surface area contributed by atoms with E-state index in [1.807, 2.05) is 30.3 Å². The lowest BCUT2D eigenvalue weighted by Crippen LogP contribution is -2.35. The van der Waals surface area contributed by atoms with Crippen LogP contribution in [0.3, 0.4) is 0 Å². The van der Waals surface area contributed by atoms with Gasteiger partial charge in [0.05, 0.1) is 18.0 Å². The van der Waals surface area contributed by atoms with Crippen molar-refractivity contribution in [2.75, 3.05) is 19.6 Å². The van der Waals surface area contributed by atoms with Crippen molar-refractivity contribution >= 4 is 41.6 Å². The molecule has 126 valence electrons. The number of carbonyl (C=O) groups is 1. The number of rotatable bonds is 4. The first-order valence-corrected chi connectivity index (χ1v) is 7.22. The number of amides is 1. The Hall–Kier alpha value is -1.40. The molecule has 7 heteroatoms. The number of aromatic nitrogens is 1. The van der Waals surface area contributed by atoms with Crippen LogP contribution in [0.1, 0.15) is 5.56 Å². The predicted octanol–water partition coefficient (Wildman–Crippen LogP) is 1.32. The van der Waals surface area contributed by atoms with E-state index in [9.17, 15) is 9.90 Å². The van der Waals surface area contributed by atoms with Crippen LogP contribution in [0.5, 0.6) is 0 Å². The molecule has 1 saturated heterocycles. The Morgan fingerprint density at radius 1 is 1.26 bits per heavy atom. The number of carbonyl (C=O) groups excluding carboxylic acids is 1. The lowest BCUT2D eigenvalue weighted by atomic mass is 10.1. The predicted molar refractivity (Wildman–Crippen MR) is 95.3 cm³/mol. The minimum Gasteiger partial charge on any atom is -0.391 e. The van der Waals surface area contributed by atoms with Crippen LogP contribution in [-0.2, 0) is 11.2 Å². The molecule has 0 saturated carbocycles. The molecule has 0 spiro atoms. The first kappa shape index (κ1) is 19.6. The van der Waals surface area contributed by atoms with Crippen LogP contribution < -0.4 is 10.6 Å². The molecule has 1 aromatic carbocycles. The van der Waals surface area contributed by atoms with E-state index in [4.69, 9.17) is 0 Å². The molecule has 2 unspecified atom stereocenters. The van der Waals surface area contributed by atoms with Crippen molar-refractivity contribution in [2.24, 2.45) is 5.92 Å². The summed E-state index contributed by atoms with van der Waals surface area (Å²) in [4.78, 5) is 16.4. The maximum absolute atomic E-state index is 12.1. The second-order valence-corrected chi connectivity index (χ2v) is 5.46. The zero-order valence-corrected chi connectivity index (χ0v) is 14.2. The SMILES string of the molecule is Cl.Cl.O=C(Cc1cccc2cccnc12)NCC1CNCC1O. The van der Waals surface area contributed by atoms with Crippen molar-refractivity contribution in [2.45, 2.75) is 12.5 Å². The molecule has 1 aromatic heterocycles. The summed E-state index contributed by atoms with van der Waals surface area (Å²) in [6, 6.07) is 9.74. The van der Waals surface area contributed by atoms with Gasteiger partial charge in [-0.2, -0.15) is 0 Å². The third-order valence-electron chi connectivity index (χ3n) is 3.93. The average molecular weight is 358 g/mol. The second kappa shape index (κ2) is 9.03. The number of β-amino-alcohol motifs (C(OH)–C–C–N with tert-alkyl or cyclic N) is 1. The van der Waals surface area contributed by atoms with Gasteiger partial charge in [-0.05, 0) is 11.6 Å². The Kier molecular flexibility index (Phi) is 7.72. The van der Waals surface area contributed by atoms with Gasteiger partial charge in [0.15, 0.2) is 0 Å². The van der Waals surface area contributed by atoms with Gasteiger partial charge < -0.3 is 15.7 Å². The number of aliphatic hydroxyl groups excluding tert-OH is 1. The molecule has 5 nitrogen and oxygen atoms in total. The van der Waals surface area contributed by atoms with Crippen LogP contribution in [0.15, 0.2) is 36.5 Å². The number of aliphatic hydroxyl groups is 1. The lowest BCUT2D eigenvalue weighted by molar-refractivity contribution is -0.120. The molecular weight excluding hydrogens is 337 g/mol. The fourth-order valence-electron chi connectivity index (χ4n) is 2.72. The van der Waals surface area contributed by atoms with Gasteiger partial charge in [0.2, 0.25) is 5.91 Å². The lowest BCUT2D eigenvalue weighted by Gasteiger charge is -2.14. The standard InChI is InChI=1S/C16H19N3O2.2ClH/c20-14-10-17-8-13(14)9-19-15(21)7-12-4-1-3-11-5-2-6-18-16(11)12;;/h1-6,13-14,17,20H,7-10H2,(H,19,21);2*1H. The molecule has 0 aliphatic carbocycles. The van der Waals surface area contributed by atoms with Crippen LogP contribution in [0.4, 0.5) is 0 Å². The Morgan fingerprint density at radius 3 is 2.78 bits per heavy atom. The number of pyridine rings is 1. The van der Waals surface area contributed by atoms with Crippen molar-refractivity contribution in [3.05, 3.63) is 42.1 Å². The summed E-state index contributed by atoms with van der Waals surface area (Å²) >= 11 is 0. The Morgan fingerprint density at radius 2 is 2.04 bits per heavy atom. The molecule has 3 rings (SSSR count). The van der Waals surface area contributed by atoms with E-state index in [0.717, 1.165) is 23.0 Å². The minimum absolute atomic E-state index is 0. The summed E-state index contributed by atoms with van der Waals surface area (Å²) < 4.78 is 0. The van der Waals surface area contributed by atoms with Crippen LogP contribution in [0.25, 0.3) is 10.9 Å². The number of hydrogen-bond donors (Lipinski definition) is 3. The highest BCUT2D eigenvalue weighted by molar-refractivity contribution is 5.87. The fourth-order valence-corrected chi connectivity index (χ4v) is 2.72. The van der Waals surface area contributed by atoms with E-state index in [1.54, 1.807) is 6.20 Å². The normalized spacial score (nSPS) is 19.7. The largest absolute Gasteiger partial charge is 0.391 e. The topological polar surface area (TPSA) is 74.2 Å². The van der Waals surface area contributed by atoms with Crippen molar-refractivity contribution in [3.63, 3.8) is 0 Å². The van der Waals surface area contributed by atoms with Gasteiger partial charge in [-0.25, -0.2) is 0 Å². The molecule has 1 aliphatic rings. The molecule has 1 fully saturated rings. The number of fused-ring (bicyclic) bond motifs is 1. The molecule has 23 heavy (non-hydrogen) atoms. The zero-order chi connectivity index (χ0) is 14.7. The van der Waals surface area contributed by atoms with E-state index >= 15 is 0 Å². The quantitative estimate of drug-likeness (QED) is 0.771. The van der Waals surface area contributed by atoms with Crippen molar-refractivity contribution < 1.29 is 9.90 Å². The summed E-state index contributed by atoms with van der Waals surface area (Å²) in [6.07, 6.45) is 1.68. The van der Waals surface area contributed by atoms with Gasteiger partial charge in [-0.1, -0.05) is 24.3 Å². The number of nitrogens with one attached hydrogen (secondary N) is 2. The first-order valence-electron chi connectivity index (χ1n) is 7.22. The van der Waals surface area contributed by atoms with Gasteiger partial charge in [0.25, 0.3) is 0 Å². The van der Waals surface area contributed by atoms with E-state index in [2.05, 4.69) is 15.6 Å². The number of para-hydroxylation sites is 1. The maximum atomic E-state index is 12.1. The average Bonchev–Trinajstić information content (AvgIpc) is 2.91. The summed E-state index contributed by atoms with van der Waals surface area (Å²) in [5, 5.41) is 16.8. The van der Waals surface area contributed by atoms with Crippen LogP contribution >= 0.6 is 24.8 Å². The Labute approximate surface area is 147 Å². The van der Waals surface area contributed by atoms with Gasteiger partial charge in [-0.15, -0.1) is 24.8 Å². The highest BCUT2D eigenvalue weighted by Gasteiger charge is 2.25. The molecule has 2 atom stereocenters. The van der Waals surface area contributed by atoms with Gasteiger partial charge in [-0.3, -0.25) is 9.78 Å². The second-order valence-electron chi connectivity index (χ2n) is 5.46. The smallest absolute Gasteiger partial charge is 0.224 e. The van der Waals surface area contributed by atoms with E-state index in [-0.39, 0.29) is 42.7 Å². The van der Waals surface area contributed by atoms with Gasteiger partial charge in [0, 0.05) is 37.1 Å². The molecule has 2 heterocycles. The number of hydrogen-bond acceptors (Lipinski definition) is 4. The Bertz CT molecular complexity index is 649. The van der Waals surface area contributed by atoms with E-state index < -0.39 is 0 Å². The first-order chi connectivity index (χ1) is 10.2. The van der Waals surface area contributed by atoms with Gasteiger partial charge >= 0.3 is 0 Å². The maximum Gasteiger partial charge on any atom is 0.224 e. The number of halogens is 2. The summed E-state index contributed by atoms with van der Waals surface area (Å²) in [5.41, 5.74) is 1.80. The third-order valence-corrected chi connectivity index (χ3v) is 3.93. The third kappa shape index (κ3) is 4.78. The summed E-state index contributed by atoms with van der Waals surface area (Å²) in [6.45, 7) is 1.86. The van der Waals surface area contributed by atoms with Crippen molar-refractivity contribution in [1.82, 2.24) is 15.6 Å². The molecule has 0 radical (unpaired) electrons. The molecule has 2 aromatic rings. The van der Waals surface area contributed by atoms with E-state index in [1.165, 1.54) is 0 Å². The minimum atomic E-state index is -0.371. The van der Waals surface area contributed by atoms with Gasteiger partial charge in [0.1, 0.15) is 0 Å². The molecule has 3 N–H and O–H groups in total.